The number of ketones is 1. The summed E-state index contributed by atoms with van der Waals surface area (Å²) >= 11 is 0. The van der Waals surface area contributed by atoms with E-state index < -0.39 is 0 Å². The van der Waals surface area contributed by atoms with E-state index >= 15 is 0 Å². The Morgan fingerprint density at radius 3 is 2.37 bits per heavy atom. The van der Waals surface area contributed by atoms with Gasteiger partial charge in [-0.05, 0) is 26.2 Å². The Bertz CT molecular complexity index is 323. The zero-order valence-electron chi connectivity index (χ0n) is 11.9. The molecule has 0 spiro atoms. The average molecular weight is 268 g/mol. The van der Waals surface area contributed by atoms with Crippen LogP contribution in [-0.4, -0.2) is 53.6 Å². The van der Waals surface area contributed by atoms with Crippen molar-refractivity contribution in [2.45, 2.75) is 52.0 Å². The van der Waals surface area contributed by atoms with Gasteiger partial charge in [0, 0.05) is 38.5 Å². The zero-order valence-corrected chi connectivity index (χ0v) is 11.9. The SMILES string of the molecule is CCCN(C=O)C1CCN(C(=O)CCC(C)=O)CC1. The lowest BCUT2D eigenvalue weighted by molar-refractivity contribution is -0.134. The summed E-state index contributed by atoms with van der Waals surface area (Å²) < 4.78 is 0. The summed E-state index contributed by atoms with van der Waals surface area (Å²) in [4.78, 5) is 37.4. The number of nitrogens with zero attached hydrogens (tertiary/aromatic N) is 2. The van der Waals surface area contributed by atoms with E-state index in [0.29, 0.717) is 25.9 Å². The highest BCUT2D eigenvalue weighted by molar-refractivity contribution is 5.83. The van der Waals surface area contributed by atoms with Crippen molar-refractivity contribution in [2.24, 2.45) is 0 Å². The van der Waals surface area contributed by atoms with Crippen LogP contribution in [-0.2, 0) is 14.4 Å². The zero-order chi connectivity index (χ0) is 14.3. The fraction of sp³-hybridized carbons (Fsp3) is 0.786. The molecule has 1 aliphatic heterocycles. The maximum Gasteiger partial charge on any atom is 0.223 e. The summed E-state index contributed by atoms with van der Waals surface area (Å²) in [5.41, 5.74) is 0. The summed E-state index contributed by atoms with van der Waals surface area (Å²) in [6, 6.07) is 0.259. The standard InChI is InChI=1S/C14H24N2O3/c1-3-8-16(11-17)13-6-9-15(10-7-13)14(19)5-4-12(2)18/h11,13H,3-10H2,1-2H3. The molecular weight excluding hydrogens is 244 g/mol. The van der Waals surface area contributed by atoms with Crippen molar-refractivity contribution < 1.29 is 14.4 Å². The Morgan fingerprint density at radius 2 is 1.89 bits per heavy atom. The fourth-order valence-corrected chi connectivity index (χ4v) is 2.47. The highest BCUT2D eigenvalue weighted by Crippen LogP contribution is 2.16. The van der Waals surface area contributed by atoms with Crippen LogP contribution in [0, 0.1) is 0 Å². The molecule has 1 heterocycles. The van der Waals surface area contributed by atoms with E-state index in [1.54, 1.807) is 0 Å². The second kappa shape index (κ2) is 7.92. The maximum absolute atomic E-state index is 11.9. The largest absolute Gasteiger partial charge is 0.343 e. The molecule has 108 valence electrons. The normalized spacial score (nSPS) is 16.2. The molecule has 0 bridgehead atoms. The van der Waals surface area contributed by atoms with E-state index in [1.165, 1.54) is 6.92 Å². The lowest BCUT2D eigenvalue weighted by Crippen LogP contribution is -2.46. The minimum atomic E-state index is 0.0540. The number of rotatable bonds is 7. The summed E-state index contributed by atoms with van der Waals surface area (Å²) in [6.45, 7) is 5.72. The number of amides is 2. The van der Waals surface area contributed by atoms with Gasteiger partial charge in [0.1, 0.15) is 5.78 Å². The summed E-state index contributed by atoms with van der Waals surface area (Å²) in [5, 5.41) is 0. The van der Waals surface area contributed by atoms with Crippen molar-refractivity contribution in [3.05, 3.63) is 0 Å². The summed E-state index contributed by atoms with van der Waals surface area (Å²) in [7, 11) is 0. The van der Waals surface area contributed by atoms with Gasteiger partial charge in [-0.1, -0.05) is 6.92 Å². The Balaban J connectivity index is 2.37. The van der Waals surface area contributed by atoms with Gasteiger partial charge in [0.05, 0.1) is 0 Å². The van der Waals surface area contributed by atoms with Gasteiger partial charge in [0.2, 0.25) is 12.3 Å². The molecule has 1 saturated heterocycles. The quantitative estimate of drug-likeness (QED) is 0.652. The van der Waals surface area contributed by atoms with E-state index in [1.807, 2.05) is 9.80 Å². The van der Waals surface area contributed by atoms with Crippen LogP contribution in [0.2, 0.25) is 0 Å². The highest BCUT2D eigenvalue weighted by atomic mass is 16.2. The van der Waals surface area contributed by atoms with E-state index in [4.69, 9.17) is 0 Å². The molecule has 5 nitrogen and oxygen atoms in total. The van der Waals surface area contributed by atoms with Gasteiger partial charge in [-0.2, -0.15) is 0 Å². The third kappa shape index (κ3) is 5.01. The smallest absolute Gasteiger partial charge is 0.223 e. The number of hydrogen-bond donors (Lipinski definition) is 0. The minimum Gasteiger partial charge on any atom is -0.343 e. The van der Waals surface area contributed by atoms with Gasteiger partial charge in [-0.15, -0.1) is 0 Å². The Morgan fingerprint density at radius 1 is 1.26 bits per heavy atom. The molecule has 0 aliphatic carbocycles. The molecule has 0 radical (unpaired) electrons. The van der Waals surface area contributed by atoms with Gasteiger partial charge in [-0.3, -0.25) is 9.59 Å². The number of hydrogen-bond acceptors (Lipinski definition) is 3. The van der Waals surface area contributed by atoms with Gasteiger partial charge >= 0.3 is 0 Å². The van der Waals surface area contributed by atoms with Crippen molar-refractivity contribution >= 4 is 18.1 Å². The third-order valence-electron chi connectivity index (χ3n) is 3.59. The molecule has 0 unspecified atom stereocenters. The van der Waals surface area contributed by atoms with Crippen LogP contribution in [0.1, 0.15) is 46.0 Å². The highest BCUT2D eigenvalue weighted by Gasteiger charge is 2.25. The monoisotopic (exact) mass is 268 g/mol. The van der Waals surface area contributed by atoms with Crippen LogP contribution in [0.3, 0.4) is 0 Å². The van der Waals surface area contributed by atoms with E-state index in [0.717, 1.165) is 32.2 Å². The molecule has 0 saturated carbocycles. The number of Topliss-reactive ketones (excluding diaryl/α,β-unsaturated/α-hetero) is 1. The minimum absolute atomic E-state index is 0.0540. The molecule has 0 aromatic carbocycles. The van der Waals surface area contributed by atoms with Crippen molar-refractivity contribution in [2.75, 3.05) is 19.6 Å². The molecule has 5 heteroatoms. The summed E-state index contributed by atoms with van der Waals surface area (Å²) in [5.74, 6) is 0.111. The number of likely N-dealkylation sites (tertiary alicyclic amines) is 1. The van der Waals surface area contributed by atoms with Crippen molar-refractivity contribution in [3.63, 3.8) is 0 Å². The topological polar surface area (TPSA) is 57.7 Å². The molecular formula is C14H24N2O3. The molecule has 0 aromatic rings. The first-order valence-corrected chi connectivity index (χ1v) is 7.06. The maximum atomic E-state index is 11.9. The number of carbonyl (C=O) groups is 3. The predicted molar refractivity (Wildman–Crippen MR) is 72.6 cm³/mol. The molecule has 19 heavy (non-hydrogen) atoms. The van der Waals surface area contributed by atoms with E-state index in [-0.39, 0.29) is 17.7 Å². The molecule has 0 atom stereocenters. The third-order valence-corrected chi connectivity index (χ3v) is 3.59. The first-order chi connectivity index (χ1) is 9.08. The van der Waals surface area contributed by atoms with Gasteiger partial charge < -0.3 is 14.6 Å². The molecule has 0 N–H and O–H groups in total. The van der Waals surface area contributed by atoms with E-state index in [9.17, 15) is 14.4 Å². The first-order valence-electron chi connectivity index (χ1n) is 7.06. The van der Waals surface area contributed by atoms with Crippen molar-refractivity contribution in [1.29, 1.82) is 0 Å². The molecule has 1 rings (SSSR count). The molecule has 1 fully saturated rings. The second-order valence-electron chi connectivity index (χ2n) is 5.16. The van der Waals surface area contributed by atoms with Crippen molar-refractivity contribution in [1.82, 2.24) is 9.80 Å². The van der Waals surface area contributed by atoms with Gasteiger partial charge in [0.25, 0.3) is 0 Å². The second-order valence-corrected chi connectivity index (χ2v) is 5.16. The van der Waals surface area contributed by atoms with E-state index in [2.05, 4.69) is 6.92 Å². The lowest BCUT2D eigenvalue weighted by atomic mass is 10.0. The van der Waals surface area contributed by atoms with Crippen molar-refractivity contribution in [3.8, 4) is 0 Å². The fourth-order valence-electron chi connectivity index (χ4n) is 2.47. The Labute approximate surface area is 114 Å². The van der Waals surface area contributed by atoms with Crippen LogP contribution in [0.4, 0.5) is 0 Å². The van der Waals surface area contributed by atoms with Gasteiger partial charge in [-0.25, -0.2) is 0 Å². The Hall–Kier alpha value is -1.39. The molecule has 2 amide bonds. The van der Waals surface area contributed by atoms with Crippen LogP contribution < -0.4 is 0 Å². The van der Waals surface area contributed by atoms with Crippen LogP contribution in [0.5, 0.6) is 0 Å². The summed E-state index contributed by atoms with van der Waals surface area (Å²) in [6.07, 6.45) is 4.19. The lowest BCUT2D eigenvalue weighted by Gasteiger charge is -2.36. The van der Waals surface area contributed by atoms with Crippen LogP contribution >= 0.6 is 0 Å². The molecule has 0 aromatic heterocycles. The Kier molecular flexibility index (Phi) is 6.53. The van der Waals surface area contributed by atoms with Gasteiger partial charge in [0.15, 0.2) is 0 Å². The predicted octanol–water partition coefficient (Wildman–Crippen LogP) is 1.21. The first kappa shape index (κ1) is 15.7. The molecule has 1 aliphatic rings. The number of carbonyl (C=O) groups excluding carboxylic acids is 3. The number of piperidine rings is 1. The van der Waals surface area contributed by atoms with Crippen LogP contribution in [0.25, 0.3) is 0 Å². The average Bonchev–Trinajstić information content (AvgIpc) is 2.42. The van der Waals surface area contributed by atoms with Crippen LogP contribution in [0.15, 0.2) is 0 Å².